The third kappa shape index (κ3) is 3.52. The molecule has 22 heavy (non-hydrogen) atoms. The van der Waals surface area contributed by atoms with E-state index in [1.54, 1.807) is 6.20 Å². The van der Waals surface area contributed by atoms with Crippen LogP contribution in [0, 0.1) is 11.3 Å². The molecule has 0 unspecified atom stereocenters. The quantitative estimate of drug-likeness (QED) is 0.882. The van der Waals surface area contributed by atoms with Crippen LogP contribution in [-0.4, -0.2) is 42.4 Å². The molecule has 2 aliphatic rings. The maximum absolute atomic E-state index is 12.2. The van der Waals surface area contributed by atoms with E-state index in [2.05, 4.69) is 35.6 Å². The summed E-state index contributed by atoms with van der Waals surface area (Å²) in [6.07, 6.45) is 3.80. The number of aromatic nitrogens is 2. The monoisotopic (exact) mass is 326 g/mol. The lowest BCUT2D eigenvalue weighted by atomic mass is 9.65. The van der Waals surface area contributed by atoms with E-state index < -0.39 is 10.0 Å². The second-order valence-electron chi connectivity index (χ2n) is 7.62. The van der Waals surface area contributed by atoms with Gasteiger partial charge < -0.3 is 0 Å². The molecule has 0 spiro atoms. The molecule has 1 aliphatic carbocycles. The Morgan fingerprint density at radius 3 is 2.77 bits per heavy atom. The largest absolute Gasteiger partial charge is 0.299 e. The van der Waals surface area contributed by atoms with Crippen molar-refractivity contribution in [2.75, 3.05) is 19.3 Å². The maximum atomic E-state index is 12.2. The van der Waals surface area contributed by atoms with Crippen LogP contribution >= 0.6 is 0 Å². The molecule has 0 amide bonds. The van der Waals surface area contributed by atoms with E-state index in [0.29, 0.717) is 17.9 Å². The highest BCUT2D eigenvalue weighted by Gasteiger charge is 2.38. The topological polar surface area (TPSA) is 67.2 Å². The molecular formula is C15H26N4O2S. The van der Waals surface area contributed by atoms with Gasteiger partial charge in [-0.2, -0.15) is 5.10 Å². The second-order valence-corrected chi connectivity index (χ2v) is 9.47. The van der Waals surface area contributed by atoms with E-state index in [9.17, 15) is 8.42 Å². The van der Waals surface area contributed by atoms with Gasteiger partial charge in [0.15, 0.2) is 0 Å². The summed E-state index contributed by atoms with van der Waals surface area (Å²) in [6, 6.07) is 0. The minimum Gasteiger partial charge on any atom is -0.299 e. The van der Waals surface area contributed by atoms with Gasteiger partial charge in [0.1, 0.15) is 0 Å². The van der Waals surface area contributed by atoms with Crippen molar-refractivity contribution in [1.82, 2.24) is 19.4 Å². The molecule has 0 atom stereocenters. The first-order valence-corrected chi connectivity index (χ1v) is 9.59. The minimum atomic E-state index is -3.21. The van der Waals surface area contributed by atoms with Crippen molar-refractivity contribution in [2.45, 2.75) is 46.3 Å². The number of fused-ring (bicyclic) bond motifs is 1. The van der Waals surface area contributed by atoms with E-state index in [-0.39, 0.29) is 5.75 Å². The van der Waals surface area contributed by atoms with Gasteiger partial charge in [-0.1, -0.05) is 13.8 Å². The molecule has 1 aliphatic heterocycles. The molecular weight excluding hydrogens is 300 g/mol. The van der Waals surface area contributed by atoms with Gasteiger partial charge in [0.25, 0.3) is 0 Å². The van der Waals surface area contributed by atoms with Crippen LogP contribution in [-0.2, 0) is 29.7 Å². The molecule has 1 saturated carbocycles. The van der Waals surface area contributed by atoms with Crippen molar-refractivity contribution < 1.29 is 8.42 Å². The molecule has 0 radical (unpaired) electrons. The highest BCUT2D eigenvalue weighted by Crippen LogP contribution is 2.45. The highest BCUT2D eigenvalue weighted by atomic mass is 32.2. The standard InChI is InChI=1S/C15H26N4O2S/c1-15(2)6-12(7-15)11-22(20,21)17-9-13-8-16-19-5-4-18(3)10-14(13)19/h8,12,17H,4-7,9-11H2,1-3H3. The fourth-order valence-electron chi connectivity index (χ4n) is 3.75. The first kappa shape index (κ1) is 16.0. The Morgan fingerprint density at radius 2 is 2.09 bits per heavy atom. The molecule has 2 heterocycles. The van der Waals surface area contributed by atoms with Crippen LogP contribution in [0.25, 0.3) is 0 Å². The zero-order chi connectivity index (χ0) is 16.0. The Hall–Kier alpha value is -0.920. The van der Waals surface area contributed by atoms with Crippen molar-refractivity contribution in [2.24, 2.45) is 11.3 Å². The summed E-state index contributed by atoms with van der Waals surface area (Å²) < 4.78 is 29.2. The number of nitrogens with one attached hydrogen (secondary N) is 1. The van der Waals surface area contributed by atoms with Crippen molar-refractivity contribution in [3.63, 3.8) is 0 Å². The Kier molecular flexibility index (Phi) is 4.07. The van der Waals surface area contributed by atoms with Crippen LogP contribution in [0.1, 0.15) is 37.9 Å². The zero-order valence-electron chi connectivity index (χ0n) is 13.7. The summed E-state index contributed by atoms with van der Waals surface area (Å²) in [7, 11) is -1.14. The smallest absolute Gasteiger partial charge is 0.212 e. The first-order valence-electron chi connectivity index (χ1n) is 7.94. The van der Waals surface area contributed by atoms with Gasteiger partial charge in [-0.3, -0.25) is 9.58 Å². The van der Waals surface area contributed by atoms with E-state index in [1.807, 2.05) is 4.68 Å². The van der Waals surface area contributed by atoms with Crippen LogP contribution in [0.15, 0.2) is 6.20 Å². The average molecular weight is 326 g/mol. The summed E-state index contributed by atoms with van der Waals surface area (Å²) in [6.45, 7) is 7.42. The molecule has 3 rings (SSSR count). The highest BCUT2D eigenvalue weighted by molar-refractivity contribution is 7.89. The summed E-state index contributed by atoms with van der Waals surface area (Å²) >= 11 is 0. The van der Waals surface area contributed by atoms with Crippen molar-refractivity contribution in [1.29, 1.82) is 0 Å². The third-order valence-corrected chi connectivity index (χ3v) is 6.26. The number of hydrogen-bond acceptors (Lipinski definition) is 4. The van der Waals surface area contributed by atoms with Crippen LogP contribution in [0.3, 0.4) is 0 Å². The zero-order valence-corrected chi connectivity index (χ0v) is 14.5. The lowest BCUT2D eigenvalue weighted by molar-refractivity contribution is 0.113. The van der Waals surface area contributed by atoms with E-state index in [1.165, 1.54) is 0 Å². The van der Waals surface area contributed by atoms with Gasteiger partial charge in [-0.05, 0) is 31.2 Å². The average Bonchev–Trinajstić information content (AvgIpc) is 2.76. The summed E-state index contributed by atoms with van der Waals surface area (Å²) in [5.41, 5.74) is 2.43. The molecule has 1 N–H and O–H groups in total. The SMILES string of the molecule is CN1CCn2ncc(CNS(=O)(=O)CC3CC(C)(C)C3)c2C1. The lowest BCUT2D eigenvalue weighted by Gasteiger charge is -2.42. The molecule has 0 bridgehead atoms. The van der Waals surface area contributed by atoms with Crippen LogP contribution in [0.2, 0.25) is 0 Å². The van der Waals surface area contributed by atoms with Crippen molar-refractivity contribution in [3.05, 3.63) is 17.5 Å². The number of hydrogen-bond donors (Lipinski definition) is 1. The maximum Gasteiger partial charge on any atom is 0.212 e. The lowest BCUT2D eigenvalue weighted by Crippen LogP contribution is -2.39. The summed E-state index contributed by atoms with van der Waals surface area (Å²) in [5, 5.41) is 4.35. The fourth-order valence-corrected chi connectivity index (χ4v) is 5.10. The molecule has 0 saturated heterocycles. The third-order valence-electron chi connectivity index (χ3n) is 4.77. The first-order chi connectivity index (χ1) is 10.2. The molecule has 1 aromatic rings. The second kappa shape index (κ2) is 5.62. The van der Waals surface area contributed by atoms with Gasteiger partial charge in [0.2, 0.25) is 10.0 Å². The van der Waals surface area contributed by atoms with Gasteiger partial charge in [0.05, 0.1) is 24.2 Å². The van der Waals surface area contributed by atoms with Crippen LogP contribution in [0.5, 0.6) is 0 Å². The Bertz CT molecular complexity index is 642. The summed E-state index contributed by atoms with van der Waals surface area (Å²) in [5.74, 6) is 0.555. The van der Waals surface area contributed by atoms with Gasteiger partial charge in [-0.25, -0.2) is 13.1 Å². The van der Waals surface area contributed by atoms with Crippen LogP contribution in [0.4, 0.5) is 0 Å². The predicted molar refractivity (Wildman–Crippen MR) is 85.7 cm³/mol. The van der Waals surface area contributed by atoms with Crippen molar-refractivity contribution >= 4 is 10.0 Å². The number of likely N-dealkylation sites (N-methyl/N-ethyl adjacent to an activating group) is 1. The van der Waals surface area contributed by atoms with Gasteiger partial charge >= 0.3 is 0 Å². The molecule has 124 valence electrons. The van der Waals surface area contributed by atoms with E-state index in [4.69, 9.17) is 0 Å². The predicted octanol–water partition coefficient (Wildman–Crippen LogP) is 1.18. The van der Waals surface area contributed by atoms with Crippen molar-refractivity contribution in [3.8, 4) is 0 Å². The Morgan fingerprint density at radius 1 is 1.36 bits per heavy atom. The molecule has 6 nitrogen and oxygen atoms in total. The Balaban J connectivity index is 1.57. The molecule has 0 aromatic carbocycles. The van der Waals surface area contributed by atoms with Gasteiger partial charge in [-0.15, -0.1) is 0 Å². The van der Waals surface area contributed by atoms with Crippen LogP contribution < -0.4 is 4.72 Å². The van der Waals surface area contributed by atoms with E-state index in [0.717, 1.165) is 43.7 Å². The number of sulfonamides is 1. The normalized spacial score (nSPS) is 22.3. The fraction of sp³-hybridized carbons (Fsp3) is 0.800. The van der Waals surface area contributed by atoms with E-state index >= 15 is 0 Å². The number of rotatable bonds is 5. The molecule has 7 heteroatoms. The molecule has 1 fully saturated rings. The molecule has 1 aromatic heterocycles. The minimum absolute atomic E-state index is 0.250. The number of nitrogens with zero attached hydrogens (tertiary/aromatic N) is 3. The van der Waals surface area contributed by atoms with Gasteiger partial charge in [0, 0.05) is 25.2 Å². The Labute approximate surface area is 132 Å². The summed E-state index contributed by atoms with van der Waals surface area (Å²) in [4.78, 5) is 2.23.